The van der Waals surface area contributed by atoms with Gasteiger partial charge in [-0.1, -0.05) is 93.6 Å². The lowest BCUT2D eigenvalue weighted by Crippen LogP contribution is -2.24. The number of para-hydroxylation sites is 3. The molecular formula is C41H36N4. The van der Waals surface area contributed by atoms with Crippen LogP contribution in [0.15, 0.2) is 140 Å². The summed E-state index contributed by atoms with van der Waals surface area (Å²) >= 11 is 0. The molecule has 0 radical (unpaired) electrons. The van der Waals surface area contributed by atoms with Crippen molar-refractivity contribution < 1.29 is 0 Å². The summed E-state index contributed by atoms with van der Waals surface area (Å²) in [4.78, 5) is 9.55. The van der Waals surface area contributed by atoms with Gasteiger partial charge in [0.25, 0.3) is 0 Å². The molecule has 0 amide bonds. The molecule has 1 aliphatic rings. The summed E-state index contributed by atoms with van der Waals surface area (Å²) in [6, 6.07) is 48.4. The zero-order valence-electron chi connectivity index (χ0n) is 26.0. The number of aromatic nitrogens is 2. The fraction of sp³-hybridized carbons (Fsp3) is 0.146. The molecule has 2 aromatic heterocycles. The molecule has 1 aliphatic heterocycles. The minimum Gasteiger partial charge on any atom is -0.321 e. The minimum absolute atomic E-state index is 0.132. The van der Waals surface area contributed by atoms with Crippen LogP contribution in [-0.4, -0.2) is 16.2 Å². The third-order valence-electron chi connectivity index (χ3n) is 9.04. The summed E-state index contributed by atoms with van der Waals surface area (Å²) in [5, 5.41) is 2.50. The molecule has 0 fully saturated rings. The van der Waals surface area contributed by atoms with Gasteiger partial charge >= 0.3 is 0 Å². The van der Waals surface area contributed by atoms with E-state index in [1.54, 1.807) is 0 Å². The molecule has 0 saturated carbocycles. The maximum atomic E-state index is 4.71. The van der Waals surface area contributed by atoms with E-state index in [1.807, 2.05) is 12.3 Å². The molecule has 220 valence electrons. The van der Waals surface area contributed by atoms with Crippen LogP contribution in [0.25, 0.3) is 27.6 Å². The first-order valence-electron chi connectivity index (χ1n) is 15.7. The molecule has 0 aliphatic carbocycles. The second-order valence-corrected chi connectivity index (χ2v) is 13.0. The molecule has 5 aromatic carbocycles. The van der Waals surface area contributed by atoms with Crippen LogP contribution in [0.1, 0.15) is 37.5 Å². The highest BCUT2D eigenvalue weighted by Gasteiger charge is 2.28. The number of benzene rings is 5. The van der Waals surface area contributed by atoms with Gasteiger partial charge in [0.05, 0.1) is 22.4 Å². The predicted molar refractivity (Wildman–Crippen MR) is 189 cm³/mol. The Morgan fingerprint density at radius 1 is 0.578 bits per heavy atom. The zero-order valence-corrected chi connectivity index (χ0v) is 26.0. The highest BCUT2D eigenvalue weighted by molar-refractivity contribution is 6.09. The van der Waals surface area contributed by atoms with Gasteiger partial charge in [-0.05, 0) is 89.2 Å². The van der Waals surface area contributed by atoms with E-state index in [1.165, 1.54) is 61.2 Å². The summed E-state index contributed by atoms with van der Waals surface area (Å²) in [7, 11) is 0. The second kappa shape index (κ2) is 10.7. The number of rotatable bonds is 5. The molecule has 7 aromatic rings. The smallest absolute Gasteiger partial charge is 0.137 e. The van der Waals surface area contributed by atoms with Gasteiger partial charge in [0.2, 0.25) is 0 Å². The molecule has 4 nitrogen and oxygen atoms in total. The Hall–Kier alpha value is -5.35. The van der Waals surface area contributed by atoms with Crippen LogP contribution in [0, 0.1) is 0 Å². The molecule has 0 spiro atoms. The number of anilines is 4. The van der Waals surface area contributed by atoms with Crippen LogP contribution in [0.4, 0.5) is 22.7 Å². The molecular weight excluding hydrogens is 548 g/mol. The highest BCUT2D eigenvalue weighted by Crippen LogP contribution is 2.44. The quantitative estimate of drug-likeness (QED) is 0.201. The summed E-state index contributed by atoms with van der Waals surface area (Å²) in [6.07, 6.45) is 2.71. The van der Waals surface area contributed by atoms with Gasteiger partial charge in [-0.15, -0.1) is 0 Å². The molecule has 0 saturated heterocycles. The largest absolute Gasteiger partial charge is 0.321 e. The number of hydrogen-bond acceptors (Lipinski definition) is 3. The number of nitrogens with zero attached hydrogens (tertiary/aromatic N) is 4. The van der Waals surface area contributed by atoms with Crippen molar-refractivity contribution in [2.75, 3.05) is 16.5 Å². The molecule has 0 atom stereocenters. The van der Waals surface area contributed by atoms with E-state index in [0.717, 1.165) is 18.9 Å². The third-order valence-corrected chi connectivity index (χ3v) is 9.04. The molecule has 0 bridgehead atoms. The van der Waals surface area contributed by atoms with E-state index in [-0.39, 0.29) is 5.41 Å². The SMILES string of the molecule is CC(C)(C)c1ccc(N2CN(c3cccc(Cc4ccc5c6ccccc6n(-c6ccccn6)c5c4)c3)c3ccccc32)cc1. The van der Waals surface area contributed by atoms with Crippen molar-refractivity contribution in [1.82, 2.24) is 9.55 Å². The molecule has 0 unspecified atom stereocenters. The predicted octanol–water partition coefficient (Wildman–Crippen LogP) is 10.3. The van der Waals surface area contributed by atoms with Gasteiger partial charge in [-0.3, -0.25) is 4.57 Å². The van der Waals surface area contributed by atoms with Crippen LogP contribution in [-0.2, 0) is 11.8 Å². The lowest BCUT2D eigenvalue weighted by atomic mass is 9.87. The first kappa shape index (κ1) is 27.2. The van der Waals surface area contributed by atoms with Crippen LogP contribution in [0.5, 0.6) is 0 Å². The van der Waals surface area contributed by atoms with E-state index in [2.05, 4.69) is 163 Å². The van der Waals surface area contributed by atoms with Crippen molar-refractivity contribution in [1.29, 1.82) is 0 Å². The van der Waals surface area contributed by atoms with E-state index in [0.29, 0.717) is 0 Å². The maximum absolute atomic E-state index is 4.71. The third kappa shape index (κ3) is 4.83. The Labute approximate surface area is 264 Å². The van der Waals surface area contributed by atoms with Crippen molar-refractivity contribution in [3.63, 3.8) is 0 Å². The first-order chi connectivity index (χ1) is 21.9. The monoisotopic (exact) mass is 584 g/mol. The number of pyridine rings is 1. The average Bonchev–Trinajstić information content (AvgIpc) is 3.61. The Balaban J connectivity index is 1.13. The van der Waals surface area contributed by atoms with Gasteiger partial charge in [-0.25, -0.2) is 4.98 Å². The van der Waals surface area contributed by atoms with E-state index in [4.69, 9.17) is 4.98 Å². The average molecular weight is 585 g/mol. The van der Waals surface area contributed by atoms with E-state index >= 15 is 0 Å². The zero-order chi connectivity index (χ0) is 30.5. The number of hydrogen-bond donors (Lipinski definition) is 0. The Kier molecular flexibility index (Phi) is 6.45. The Morgan fingerprint density at radius 2 is 1.27 bits per heavy atom. The Bertz CT molecular complexity index is 2150. The van der Waals surface area contributed by atoms with Gasteiger partial charge in [0.15, 0.2) is 0 Å². The molecule has 45 heavy (non-hydrogen) atoms. The molecule has 0 N–H and O–H groups in total. The summed E-state index contributed by atoms with van der Waals surface area (Å²) in [6.45, 7) is 7.56. The van der Waals surface area contributed by atoms with E-state index < -0.39 is 0 Å². The lowest BCUT2D eigenvalue weighted by Gasteiger charge is -2.24. The van der Waals surface area contributed by atoms with Gasteiger partial charge in [-0.2, -0.15) is 0 Å². The topological polar surface area (TPSA) is 24.3 Å². The fourth-order valence-corrected chi connectivity index (χ4v) is 6.73. The Morgan fingerprint density at radius 3 is 2.02 bits per heavy atom. The molecule has 8 rings (SSSR count). The van der Waals surface area contributed by atoms with E-state index in [9.17, 15) is 0 Å². The van der Waals surface area contributed by atoms with Crippen molar-refractivity contribution in [2.45, 2.75) is 32.6 Å². The molecule has 3 heterocycles. The standard InChI is InChI=1S/C41H36N4/c1-41(2,3)31-19-21-32(22-20-31)43-28-44(38-16-7-6-15-37(38)43)33-12-10-11-29(26-33)25-30-18-23-35-34-13-4-5-14-36(34)45(39(35)27-30)40-17-8-9-24-42-40/h4-24,26-27H,25,28H2,1-3H3. The fourth-order valence-electron chi connectivity index (χ4n) is 6.73. The maximum Gasteiger partial charge on any atom is 0.137 e. The minimum atomic E-state index is 0.132. The van der Waals surface area contributed by atoms with Crippen LogP contribution in [0.2, 0.25) is 0 Å². The van der Waals surface area contributed by atoms with Gasteiger partial charge in [0.1, 0.15) is 12.5 Å². The number of fused-ring (bicyclic) bond motifs is 4. The van der Waals surface area contributed by atoms with Crippen molar-refractivity contribution in [3.05, 3.63) is 156 Å². The van der Waals surface area contributed by atoms with Crippen molar-refractivity contribution in [2.24, 2.45) is 0 Å². The normalized spacial score (nSPS) is 13.1. The highest BCUT2D eigenvalue weighted by atomic mass is 15.4. The summed E-state index contributed by atoms with van der Waals surface area (Å²) < 4.78 is 2.29. The van der Waals surface area contributed by atoms with Crippen molar-refractivity contribution >= 4 is 44.6 Å². The summed E-state index contributed by atoms with van der Waals surface area (Å²) in [5.41, 5.74) is 11.3. The van der Waals surface area contributed by atoms with Crippen molar-refractivity contribution in [3.8, 4) is 5.82 Å². The van der Waals surface area contributed by atoms with Crippen LogP contribution >= 0.6 is 0 Å². The lowest BCUT2D eigenvalue weighted by molar-refractivity contribution is 0.590. The summed E-state index contributed by atoms with van der Waals surface area (Å²) in [5.74, 6) is 0.938. The van der Waals surface area contributed by atoms with Crippen LogP contribution < -0.4 is 9.80 Å². The second-order valence-electron chi connectivity index (χ2n) is 13.0. The molecule has 4 heteroatoms. The first-order valence-corrected chi connectivity index (χ1v) is 15.7. The van der Waals surface area contributed by atoms with Gasteiger partial charge < -0.3 is 9.80 Å². The van der Waals surface area contributed by atoms with Gasteiger partial charge in [0, 0.05) is 28.3 Å². The van der Waals surface area contributed by atoms with Crippen LogP contribution in [0.3, 0.4) is 0 Å².